The molecular formula is C18H25FIN3OS. The summed E-state index contributed by atoms with van der Waals surface area (Å²) in [5.41, 5.74) is 0.947. The lowest BCUT2D eigenvalue weighted by Crippen LogP contribution is -2.39. The molecule has 0 aliphatic rings. The molecule has 1 heterocycles. The van der Waals surface area contributed by atoms with E-state index in [1.165, 1.54) is 12.1 Å². The Labute approximate surface area is 169 Å². The minimum Gasteiger partial charge on any atom is -0.383 e. The number of thiophene rings is 1. The van der Waals surface area contributed by atoms with Crippen LogP contribution in [0.2, 0.25) is 0 Å². The van der Waals surface area contributed by atoms with Crippen molar-refractivity contribution in [2.75, 3.05) is 19.6 Å². The molecule has 1 unspecified atom stereocenters. The lowest BCUT2D eigenvalue weighted by Gasteiger charge is -2.21. The van der Waals surface area contributed by atoms with E-state index < -0.39 is 5.60 Å². The van der Waals surface area contributed by atoms with E-state index in [9.17, 15) is 9.50 Å². The van der Waals surface area contributed by atoms with Crippen molar-refractivity contribution < 1.29 is 9.50 Å². The zero-order chi connectivity index (χ0) is 17.4. The zero-order valence-corrected chi connectivity index (χ0v) is 17.6. The molecule has 2 rings (SSSR count). The molecule has 25 heavy (non-hydrogen) atoms. The van der Waals surface area contributed by atoms with Crippen LogP contribution in [-0.2, 0) is 12.0 Å². The van der Waals surface area contributed by atoms with Gasteiger partial charge in [-0.25, -0.2) is 9.38 Å². The molecule has 1 aromatic heterocycles. The summed E-state index contributed by atoms with van der Waals surface area (Å²) in [6.07, 6.45) is 0.769. The van der Waals surface area contributed by atoms with Crippen LogP contribution in [0.4, 0.5) is 4.39 Å². The Hall–Kier alpha value is -1.19. The standard InChI is InChI=1S/C18H24FN3OS.HI/c1-3-20-17(21-10-8-14-4-6-16(19)7-5-14)22-13-18(2,23)15-9-11-24-12-15;/h4-7,9,11-12,23H,3,8,10,13H2,1-2H3,(H2,20,21,22);1H. The molecule has 1 aromatic carbocycles. The first-order valence-corrected chi connectivity index (χ1v) is 8.97. The molecule has 0 aliphatic heterocycles. The van der Waals surface area contributed by atoms with Gasteiger partial charge in [0.15, 0.2) is 5.96 Å². The van der Waals surface area contributed by atoms with Crippen LogP contribution in [0, 0.1) is 5.82 Å². The molecule has 138 valence electrons. The van der Waals surface area contributed by atoms with Crippen molar-refractivity contribution in [2.45, 2.75) is 25.9 Å². The molecule has 0 spiro atoms. The first-order chi connectivity index (χ1) is 11.5. The van der Waals surface area contributed by atoms with Gasteiger partial charge in [-0.1, -0.05) is 12.1 Å². The van der Waals surface area contributed by atoms with Gasteiger partial charge in [-0.05, 0) is 60.4 Å². The molecule has 0 aliphatic carbocycles. The maximum atomic E-state index is 12.9. The number of nitrogens with one attached hydrogen (secondary N) is 2. The molecule has 0 saturated carbocycles. The average molecular weight is 477 g/mol. The van der Waals surface area contributed by atoms with Crippen molar-refractivity contribution in [3.8, 4) is 0 Å². The summed E-state index contributed by atoms with van der Waals surface area (Å²) >= 11 is 1.56. The molecule has 4 nitrogen and oxygen atoms in total. The molecule has 2 aromatic rings. The number of aliphatic imine (C=N–C) groups is 1. The highest BCUT2D eigenvalue weighted by Gasteiger charge is 2.23. The number of hydrogen-bond donors (Lipinski definition) is 3. The van der Waals surface area contributed by atoms with Crippen LogP contribution < -0.4 is 10.6 Å². The van der Waals surface area contributed by atoms with Crippen LogP contribution in [0.1, 0.15) is 25.0 Å². The van der Waals surface area contributed by atoms with Crippen LogP contribution in [0.3, 0.4) is 0 Å². The van der Waals surface area contributed by atoms with Crippen molar-refractivity contribution in [2.24, 2.45) is 4.99 Å². The van der Waals surface area contributed by atoms with Crippen LogP contribution in [0.15, 0.2) is 46.1 Å². The Morgan fingerprint density at radius 2 is 1.96 bits per heavy atom. The summed E-state index contributed by atoms with van der Waals surface area (Å²) in [5.74, 6) is 0.437. The van der Waals surface area contributed by atoms with Crippen molar-refractivity contribution >= 4 is 41.3 Å². The molecule has 1 atom stereocenters. The maximum absolute atomic E-state index is 12.9. The highest BCUT2D eigenvalue weighted by Crippen LogP contribution is 2.23. The minimum absolute atomic E-state index is 0. The van der Waals surface area contributed by atoms with Crippen molar-refractivity contribution in [1.82, 2.24) is 10.6 Å². The van der Waals surface area contributed by atoms with E-state index in [2.05, 4.69) is 15.6 Å². The molecule has 0 amide bonds. The van der Waals surface area contributed by atoms with Crippen molar-refractivity contribution in [1.29, 1.82) is 0 Å². The highest BCUT2D eigenvalue weighted by atomic mass is 127. The summed E-state index contributed by atoms with van der Waals surface area (Å²) in [6.45, 7) is 5.45. The molecule has 0 saturated heterocycles. The fourth-order valence-electron chi connectivity index (χ4n) is 2.21. The maximum Gasteiger partial charge on any atom is 0.191 e. The fourth-order valence-corrected chi connectivity index (χ4v) is 3.00. The topological polar surface area (TPSA) is 56.7 Å². The number of hydrogen-bond acceptors (Lipinski definition) is 3. The third-order valence-corrected chi connectivity index (χ3v) is 4.33. The van der Waals surface area contributed by atoms with Gasteiger partial charge in [-0.15, -0.1) is 24.0 Å². The Balaban J connectivity index is 0.00000312. The van der Waals surface area contributed by atoms with Gasteiger partial charge in [-0.2, -0.15) is 11.3 Å². The third kappa shape index (κ3) is 7.29. The van der Waals surface area contributed by atoms with Crippen LogP contribution in [0.5, 0.6) is 0 Å². The van der Waals surface area contributed by atoms with E-state index in [0.717, 1.165) is 24.1 Å². The molecular weight excluding hydrogens is 452 g/mol. The first kappa shape index (κ1) is 21.9. The second kappa shape index (κ2) is 10.7. The van der Waals surface area contributed by atoms with Crippen LogP contribution >= 0.6 is 35.3 Å². The van der Waals surface area contributed by atoms with Crippen molar-refractivity contribution in [3.63, 3.8) is 0 Å². The third-order valence-electron chi connectivity index (χ3n) is 3.65. The zero-order valence-electron chi connectivity index (χ0n) is 14.5. The van der Waals surface area contributed by atoms with Crippen molar-refractivity contribution in [3.05, 3.63) is 58.0 Å². The highest BCUT2D eigenvalue weighted by molar-refractivity contribution is 14.0. The molecule has 0 bridgehead atoms. The second-order valence-corrected chi connectivity index (χ2v) is 6.56. The summed E-state index contributed by atoms with van der Waals surface area (Å²) in [5, 5.41) is 20.8. The molecule has 0 fully saturated rings. The van der Waals surface area contributed by atoms with Gasteiger partial charge in [0.05, 0.1) is 6.54 Å². The summed E-state index contributed by atoms with van der Waals surface area (Å²) < 4.78 is 12.9. The van der Waals surface area contributed by atoms with Gasteiger partial charge in [-0.3, -0.25) is 0 Å². The number of nitrogens with zero attached hydrogens (tertiary/aromatic N) is 1. The van der Waals surface area contributed by atoms with Gasteiger partial charge < -0.3 is 15.7 Å². The summed E-state index contributed by atoms with van der Waals surface area (Å²) in [7, 11) is 0. The summed E-state index contributed by atoms with van der Waals surface area (Å²) in [6, 6.07) is 8.40. The van der Waals surface area contributed by atoms with Gasteiger partial charge in [0.2, 0.25) is 0 Å². The first-order valence-electron chi connectivity index (χ1n) is 8.03. The minimum atomic E-state index is -0.987. The van der Waals surface area contributed by atoms with E-state index in [1.807, 2.05) is 23.8 Å². The predicted molar refractivity (Wildman–Crippen MR) is 113 cm³/mol. The fraction of sp³-hybridized carbons (Fsp3) is 0.389. The average Bonchev–Trinajstić information content (AvgIpc) is 3.10. The van der Waals surface area contributed by atoms with E-state index >= 15 is 0 Å². The largest absolute Gasteiger partial charge is 0.383 e. The quantitative estimate of drug-likeness (QED) is 0.325. The number of benzene rings is 1. The SMILES string of the molecule is CCNC(=NCC(C)(O)c1ccsc1)NCCc1ccc(F)cc1.I. The molecule has 3 N–H and O–H groups in total. The van der Waals surface area contributed by atoms with E-state index in [4.69, 9.17) is 0 Å². The van der Waals surface area contributed by atoms with Gasteiger partial charge in [0.25, 0.3) is 0 Å². The van der Waals surface area contributed by atoms with E-state index in [0.29, 0.717) is 12.5 Å². The number of halogens is 2. The lowest BCUT2D eigenvalue weighted by molar-refractivity contribution is 0.0677. The summed E-state index contributed by atoms with van der Waals surface area (Å²) in [4.78, 5) is 4.48. The smallest absolute Gasteiger partial charge is 0.191 e. The second-order valence-electron chi connectivity index (χ2n) is 5.78. The Bertz CT molecular complexity index is 645. The van der Waals surface area contributed by atoms with E-state index in [1.54, 1.807) is 30.4 Å². The van der Waals surface area contributed by atoms with Gasteiger partial charge >= 0.3 is 0 Å². The Morgan fingerprint density at radius 3 is 2.56 bits per heavy atom. The van der Waals surface area contributed by atoms with Gasteiger partial charge in [0.1, 0.15) is 11.4 Å². The number of aliphatic hydroxyl groups is 1. The Morgan fingerprint density at radius 1 is 1.24 bits per heavy atom. The van der Waals surface area contributed by atoms with Crippen LogP contribution in [0.25, 0.3) is 0 Å². The number of rotatable bonds is 7. The predicted octanol–water partition coefficient (Wildman–Crippen LogP) is 3.51. The number of guanidine groups is 1. The lowest BCUT2D eigenvalue weighted by atomic mass is 10.00. The molecule has 7 heteroatoms. The Kier molecular flexibility index (Phi) is 9.37. The monoisotopic (exact) mass is 477 g/mol. The van der Waals surface area contributed by atoms with E-state index in [-0.39, 0.29) is 36.3 Å². The van der Waals surface area contributed by atoms with Gasteiger partial charge in [0, 0.05) is 13.1 Å². The molecule has 0 radical (unpaired) electrons. The van der Waals surface area contributed by atoms with Crippen LogP contribution in [-0.4, -0.2) is 30.7 Å². The normalized spacial score (nSPS) is 13.7.